The predicted octanol–water partition coefficient (Wildman–Crippen LogP) is 3.35. The van der Waals surface area contributed by atoms with E-state index in [2.05, 4.69) is 28.3 Å². The Balaban J connectivity index is 1.45. The van der Waals surface area contributed by atoms with E-state index in [9.17, 15) is 4.79 Å². The lowest BCUT2D eigenvalue weighted by molar-refractivity contribution is -0.115. The van der Waals surface area contributed by atoms with Gasteiger partial charge in [0.25, 0.3) is 0 Å². The number of morpholine rings is 1. The number of H-pyrrole nitrogens is 1. The van der Waals surface area contributed by atoms with Gasteiger partial charge in [-0.05, 0) is 36.4 Å². The van der Waals surface area contributed by atoms with Crippen LogP contribution in [0.2, 0.25) is 0 Å². The van der Waals surface area contributed by atoms with E-state index in [0.717, 1.165) is 47.4 Å². The molecule has 1 fully saturated rings. The molecule has 2 aromatic carbocycles. The Bertz CT molecular complexity index is 918. The van der Waals surface area contributed by atoms with Crippen LogP contribution in [0.25, 0.3) is 10.9 Å². The lowest BCUT2D eigenvalue weighted by Crippen LogP contribution is -2.35. The van der Waals surface area contributed by atoms with Gasteiger partial charge in [0.2, 0.25) is 5.91 Å². The van der Waals surface area contributed by atoms with Crippen LogP contribution < -0.4 is 5.32 Å². The summed E-state index contributed by atoms with van der Waals surface area (Å²) in [5.74, 6) is -0.0198. The Labute approximate surface area is 153 Å². The van der Waals surface area contributed by atoms with Crippen LogP contribution in [0.4, 0.5) is 5.69 Å². The monoisotopic (exact) mass is 349 g/mol. The lowest BCUT2D eigenvalue weighted by atomic mass is 10.1. The number of rotatable bonds is 4. The standard InChI is InChI=1S/C21H23N3O2/c1-24-9-10-26-20(14-24)15-5-4-6-17(11-15)23-21(25)12-16-13-22-19-8-3-2-7-18(16)19/h2-8,11,13,20,22H,9-10,12,14H2,1H3,(H,23,25). The molecule has 5 heteroatoms. The SMILES string of the molecule is CN1CCOC(c2cccc(NC(=O)Cc3c[nH]c4ccccc34)c2)C1. The summed E-state index contributed by atoms with van der Waals surface area (Å²) in [4.78, 5) is 18.0. The Morgan fingerprint density at radius 1 is 1.27 bits per heavy atom. The van der Waals surface area contributed by atoms with Crippen LogP contribution >= 0.6 is 0 Å². The fourth-order valence-electron chi connectivity index (χ4n) is 3.45. The second-order valence-corrected chi connectivity index (χ2v) is 6.83. The van der Waals surface area contributed by atoms with Gasteiger partial charge >= 0.3 is 0 Å². The summed E-state index contributed by atoms with van der Waals surface area (Å²) in [5, 5.41) is 4.11. The molecule has 0 spiro atoms. The molecule has 0 radical (unpaired) electrons. The van der Waals surface area contributed by atoms with Crippen LogP contribution in [0.15, 0.2) is 54.7 Å². The molecule has 1 atom stereocenters. The number of benzene rings is 2. The molecular weight excluding hydrogens is 326 g/mol. The zero-order chi connectivity index (χ0) is 17.9. The average Bonchev–Trinajstić information content (AvgIpc) is 3.05. The van der Waals surface area contributed by atoms with Gasteiger partial charge in [0, 0.05) is 35.9 Å². The molecule has 3 aromatic rings. The van der Waals surface area contributed by atoms with Gasteiger partial charge in [-0.2, -0.15) is 0 Å². The number of nitrogens with one attached hydrogen (secondary N) is 2. The molecule has 4 rings (SSSR count). The first-order valence-corrected chi connectivity index (χ1v) is 8.94. The number of hydrogen-bond acceptors (Lipinski definition) is 3. The van der Waals surface area contributed by atoms with Crippen molar-refractivity contribution in [3.63, 3.8) is 0 Å². The molecule has 0 bridgehead atoms. The molecule has 134 valence electrons. The van der Waals surface area contributed by atoms with Crippen molar-refractivity contribution in [2.45, 2.75) is 12.5 Å². The number of ether oxygens (including phenoxy) is 1. The summed E-state index contributed by atoms with van der Waals surface area (Å²) in [5.41, 5.74) is 3.97. The van der Waals surface area contributed by atoms with Crippen LogP contribution in [-0.2, 0) is 16.0 Å². The minimum absolute atomic E-state index is 0.0198. The quantitative estimate of drug-likeness (QED) is 0.759. The van der Waals surface area contributed by atoms with E-state index in [0.29, 0.717) is 6.42 Å². The zero-order valence-corrected chi connectivity index (χ0v) is 14.9. The van der Waals surface area contributed by atoms with Crippen LogP contribution in [0.1, 0.15) is 17.2 Å². The number of likely N-dealkylation sites (N-methyl/N-ethyl adjacent to an activating group) is 1. The first-order valence-electron chi connectivity index (χ1n) is 8.94. The molecule has 0 saturated carbocycles. The van der Waals surface area contributed by atoms with Crippen LogP contribution in [0, 0.1) is 0 Å². The van der Waals surface area contributed by atoms with Gasteiger partial charge in [-0.25, -0.2) is 0 Å². The average molecular weight is 349 g/mol. The first kappa shape index (κ1) is 16.8. The molecule has 1 amide bonds. The summed E-state index contributed by atoms with van der Waals surface area (Å²) in [7, 11) is 2.10. The van der Waals surface area contributed by atoms with Gasteiger partial charge < -0.3 is 19.9 Å². The van der Waals surface area contributed by atoms with Crippen molar-refractivity contribution in [2.24, 2.45) is 0 Å². The number of nitrogens with zero attached hydrogens (tertiary/aromatic N) is 1. The van der Waals surface area contributed by atoms with E-state index in [4.69, 9.17) is 4.74 Å². The summed E-state index contributed by atoms with van der Waals surface area (Å²) in [6.45, 7) is 2.56. The van der Waals surface area contributed by atoms with Crippen molar-refractivity contribution in [1.82, 2.24) is 9.88 Å². The van der Waals surface area contributed by atoms with E-state index < -0.39 is 0 Å². The Morgan fingerprint density at radius 2 is 2.15 bits per heavy atom. The van der Waals surface area contributed by atoms with Gasteiger partial charge in [0.15, 0.2) is 0 Å². The van der Waals surface area contributed by atoms with Crippen molar-refractivity contribution < 1.29 is 9.53 Å². The van der Waals surface area contributed by atoms with Crippen molar-refractivity contribution in [3.05, 3.63) is 65.9 Å². The molecule has 1 aliphatic rings. The summed E-state index contributed by atoms with van der Waals surface area (Å²) in [6, 6.07) is 16.0. The number of carbonyl (C=O) groups excluding carboxylic acids is 1. The molecule has 26 heavy (non-hydrogen) atoms. The largest absolute Gasteiger partial charge is 0.371 e. The number of anilines is 1. The van der Waals surface area contributed by atoms with E-state index >= 15 is 0 Å². The molecule has 1 aromatic heterocycles. The maximum atomic E-state index is 12.5. The molecule has 2 heterocycles. The lowest BCUT2D eigenvalue weighted by Gasteiger charge is -2.30. The smallest absolute Gasteiger partial charge is 0.228 e. The summed E-state index contributed by atoms with van der Waals surface area (Å²) in [6.07, 6.45) is 2.31. The number of carbonyl (C=O) groups is 1. The van der Waals surface area contributed by atoms with Crippen LogP contribution in [-0.4, -0.2) is 42.5 Å². The van der Waals surface area contributed by atoms with Gasteiger partial charge in [0.05, 0.1) is 19.1 Å². The van der Waals surface area contributed by atoms with Gasteiger partial charge in [-0.3, -0.25) is 4.79 Å². The van der Waals surface area contributed by atoms with Gasteiger partial charge in [0.1, 0.15) is 0 Å². The van der Waals surface area contributed by atoms with E-state index in [1.54, 1.807) is 0 Å². The number of aromatic amines is 1. The molecular formula is C21H23N3O2. The Kier molecular flexibility index (Phi) is 4.73. The molecule has 2 N–H and O–H groups in total. The van der Waals surface area contributed by atoms with Crippen molar-refractivity contribution in [1.29, 1.82) is 0 Å². The molecule has 1 saturated heterocycles. The molecule has 1 unspecified atom stereocenters. The Hall–Kier alpha value is -2.63. The minimum atomic E-state index is -0.0198. The number of para-hydroxylation sites is 1. The number of amides is 1. The van der Waals surface area contributed by atoms with Gasteiger partial charge in [-0.15, -0.1) is 0 Å². The minimum Gasteiger partial charge on any atom is -0.371 e. The third-order valence-corrected chi connectivity index (χ3v) is 4.84. The maximum Gasteiger partial charge on any atom is 0.228 e. The highest BCUT2D eigenvalue weighted by atomic mass is 16.5. The fraction of sp³-hybridized carbons (Fsp3) is 0.286. The van der Waals surface area contributed by atoms with Crippen LogP contribution in [0.5, 0.6) is 0 Å². The third-order valence-electron chi connectivity index (χ3n) is 4.84. The Morgan fingerprint density at radius 3 is 3.04 bits per heavy atom. The zero-order valence-electron chi connectivity index (χ0n) is 14.9. The normalized spacial score (nSPS) is 18.1. The van der Waals surface area contributed by atoms with E-state index in [1.165, 1.54) is 0 Å². The van der Waals surface area contributed by atoms with Gasteiger partial charge in [-0.1, -0.05) is 30.3 Å². The fourth-order valence-corrected chi connectivity index (χ4v) is 3.45. The van der Waals surface area contributed by atoms with Crippen molar-refractivity contribution in [3.8, 4) is 0 Å². The highest BCUT2D eigenvalue weighted by Crippen LogP contribution is 2.24. The topological polar surface area (TPSA) is 57.4 Å². The van der Waals surface area contributed by atoms with Crippen molar-refractivity contribution >= 4 is 22.5 Å². The first-order chi connectivity index (χ1) is 12.7. The molecule has 5 nitrogen and oxygen atoms in total. The second-order valence-electron chi connectivity index (χ2n) is 6.83. The summed E-state index contributed by atoms with van der Waals surface area (Å²) < 4.78 is 5.87. The summed E-state index contributed by atoms with van der Waals surface area (Å²) >= 11 is 0. The van der Waals surface area contributed by atoms with E-state index in [-0.39, 0.29) is 12.0 Å². The number of hydrogen-bond donors (Lipinski definition) is 2. The molecule has 0 aliphatic carbocycles. The third kappa shape index (κ3) is 3.64. The predicted molar refractivity (Wildman–Crippen MR) is 103 cm³/mol. The van der Waals surface area contributed by atoms with Crippen molar-refractivity contribution in [2.75, 3.05) is 32.1 Å². The highest BCUT2D eigenvalue weighted by Gasteiger charge is 2.19. The maximum absolute atomic E-state index is 12.5. The second kappa shape index (κ2) is 7.32. The highest BCUT2D eigenvalue weighted by molar-refractivity contribution is 5.95. The van der Waals surface area contributed by atoms with E-state index in [1.807, 2.05) is 48.7 Å². The number of aromatic nitrogens is 1. The van der Waals surface area contributed by atoms with Crippen LogP contribution in [0.3, 0.4) is 0 Å². The molecule has 1 aliphatic heterocycles. The number of fused-ring (bicyclic) bond motifs is 1.